The van der Waals surface area contributed by atoms with Crippen LogP contribution in [-0.4, -0.2) is 59.2 Å². The highest BCUT2D eigenvalue weighted by Gasteiger charge is 2.28. The van der Waals surface area contributed by atoms with E-state index in [-0.39, 0.29) is 6.10 Å². The van der Waals surface area contributed by atoms with Crippen molar-refractivity contribution in [2.24, 2.45) is 5.92 Å². The molecule has 1 saturated heterocycles. The Morgan fingerprint density at radius 1 is 1.09 bits per heavy atom. The Morgan fingerprint density at radius 2 is 1.97 bits per heavy atom. The summed E-state index contributed by atoms with van der Waals surface area (Å²) in [6.07, 6.45) is 4.87. The average molecular weight is 467 g/mol. The summed E-state index contributed by atoms with van der Waals surface area (Å²) in [6.45, 7) is 6.76. The third-order valence-corrected chi connectivity index (χ3v) is 7.14. The number of fused-ring (bicyclic) bond motifs is 1. The van der Waals surface area contributed by atoms with Gasteiger partial charge in [-0.15, -0.1) is 0 Å². The van der Waals surface area contributed by atoms with Gasteiger partial charge >= 0.3 is 0 Å². The van der Waals surface area contributed by atoms with Crippen molar-refractivity contribution in [3.63, 3.8) is 0 Å². The van der Waals surface area contributed by atoms with Crippen molar-refractivity contribution >= 4 is 5.69 Å². The summed E-state index contributed by atoms with van der Waals surface area (Å²) in [5.41, 5.74) is 3.70. The molecule has 0 spiro atoms. The third kappa shape index (κ3) is 6.04. The van der Waals surface area contributed by atoms with Crippen molar-refractivity contribution in [3.05, 3.63) is 53.6 Å². The van der Waals surface area contributed by atoms with Crippen LogP contribution in [0.1, 0.15) is 42.7 Å². The van der Waals surface area contributed by atoms with Gasteiger partial charge in [-0.3, -0.25) is 0 Å². The van der Waals surface area contributed by atoms with Gasteiger partial charge in [0.05, 0.1) is 31.5 Å². The number of piperidine rings is 1. The maximum absolute atomic E-state index is 6.51. The lowest BCUT2D eigenvalue weighted by Crippen LogP contribution is -2.41. The number of hydrogen-bond donors (Lipinski definition) is 1. The van der Waals surface area contributed by atoms with Crippen molar-refractivity contribution in [2.45, 2.75) is 44.3 Å². The number of rotatable bonds is 11. The predicted molar refractivity (Wildman–Crippen MR) is 134 cm³/mol. The van der Waals surface area contributed by atoms with Gasteiger partial charge in [0, 0.05) is 32.7 Å². The Morgan fingerprint density at radius 3 is 2.79 bits per heavy atom. The second-order valence-electron chi connectivity index (χ2n) is 9.76. The van der Waals surface area contributed by atoms with E-state index in [2.05, 4.69) is 52.7 Å². The lowest BCUT2D eigenvalue weighted by atomic mass is 9.87. The van der Waals surface area contributed by atoms with Crippen molar-refractivity contribution in [1.82, 2.24) is 5.32 Å². The zero-order chi connectivity index (χ0) is 23.2. The number of anilines is 1. The molecule has 3 aliphatic rings. The van der Waals surface area contributed by atoms with Crippen LogP contribution in [0.4, 0.5) is 5.69 Å². The summed E-state index contributed by atoms with van der Waals surface area (Å²) >= 11 is 0. The normalized spacial score (nSPS) is 22.2. The smallest absolute Gasteiger partial charge is 0.142 e. The highest BCUT2D eigenvalue weighted by molar-refractivity contribution is 5.61. The van der Waals surface area contributed by atoms with Gasteiger partial charge in [-0.25, -0.2) is 0 Å². The van der Waals surface area contributed by atoms with Gasteiger partial charge in [0.15, 0.2) is 0 Å². The average Bonchev–Trinajstić information content (AvgIpc) is 3.72. The Kier molecular flexibility index (Phi) is 7.89. The van der Waals surface area contributed by atoms with E-state index in [9.17, 15) is 0 Å². The first kappa shape index (κ1) is 23.5. The molecule has 2 fully saturated rings. The van der Waals surface area contributed by atoms with Gasteiger partial charge < -0.3 is 29.2 Å². The molecular weight excluding hydrogens is 428 g/mol. The summed E-state index contributed by atoms with van der Waals surface area (Å²) in [4.78, 5) is 2.40. The first-order valence-electron chi connectivity index (χ1n) is 12.8. The second-order valence-corrected chi connectivity index (χ2v) is 9.76. The summed E-state index contributed by atoms with van der Waals surface area (Å²) in [6, 6.07) is 15.2. The third-order valence-electron chi connectivity index (χ3n) is 7.14. The fourth-order valence-corrected chi connectivity index (χ4v) is 4.94. The number of nitrogens with one attached hydrogen (secondary N) is 1. The highest BCUT2D eigenvalue weighted by Crippen LogP contribution is 2.34. The lowest BCUT2D eigenvalue weighted by molar-refractivity contribution is 0.0106. The molecule has 2 aromatic rings. The van der Waals surface area contributed by atoms with Crippen molar-refractivity contribution in [3.8, 4) is 11.5 Å². The van der Waals surface area contributed by atoms with E-state index in [1.807, 2.05) is 0 Å². The molecule has 1 saturated carbocycles. The molecule has 0 bridgehead atoms. The molecule has 2 heterocycles. The standard InChI is InChI=1S/C28H38N2O4/c1-31-15-2-13-30-14-16-32-27-10-5-22(17-26(27)30)20-34-28-18-29-12-11-25(28)23-6-8-24(9-7-23)33-19-21-3-4-21/h5-10,17,21,25,28-29H,2-4,11-16,18-20H2,1H3. The van der Waals surface area contributed by atoms with Crippen LogP contribution in [-0.2, 0) is 16.1 Å². The van der Waals surface area contributed by atoms with Gasteiger partial charge in [0.2, 0.25) is 0 Å². The predicted octanol–water partition coefficient (Wildman–Crippen LogP) is 4.37. The Labute approximate surface area is 203 Å². The van der Waals surface area contributed by atoms with Crippen LogP contribution in [0.25, 0.3) is 0 Å². The van der Waals surface area contributed by atoms with Crippen molar-refractivity contribution in [1.29, 1.82) is 0 Å². The largest absolute Gasteiger partial charge is 0.493 e. The van der Waals surface area contributed by atoms with E-state index < -0.39 is 0 Å². The quantitative estimate of drug-likeness (QED) is 0.496. The molecule has 2 unspecified atom stereocenters. The number of nitrogens with zero attached hydrogens (tertiary/aromatic N) is 1. The molecule has 1 N–H and O–H groups in total. The van der Waals surface area contributed by atoms with E-state index >= 15 is 0 Å². The minimum Gasteiger partial charge on any atom is -0.493 e. The van der Waals surface area contributed by atoms with E-state index in [0.29, 0.717) is 12.5 Å². The molecule has 6 heteroatoms. The van der Waals surface area contributed by atoms with Crippen LogP contribution < -0.4 is 19.7 Å². The van der Waals surface area contributed by atoms with Crippen molar-refractivity contribution < 1.29 is 18.9 Å². The minimum absolute atomic E-state index is 0.150. The SMILES string of the molecule is COCCCN1CCOc2ccc(COC3CNCCC3c3ccc(OCC4CC4)cc3)cc21. The van der Waals surface area contributed by atoms with Crippen LogP contribution in [0, 0.1) is 5.92 Å². The maximum atomic E-state index is 6.51. The first-order valence-corrected chi connectivity index (χ1v) is 12.8. The highest BCUT2D eigenvalue weighted by atomic mass is 16.5. The number of ether oxygens (including phenoxy) is 4. The van der Waals surface area contributed by atoms with Gasteiger partial charge in [0.25, 0.3) is 0 Å². The number of methoxy groups -OCH3 is 1. The zero-order valence-corrected chi connectivity index (χ0v) is 20.3. The maximum Gasteiger partial charge on any atom is 0.142 e. The van der Waals surface area contributed by atoms with Crippen molar-refractivity contribution in [2.75, 3.05) is 58.0 Å². The molecule has 0 amide bonds. The first-order chi connectivity index (χ1) is 16.8. The molecule has 184 valence electrons. The summed E-state index contributed by atoms with van der Waals surface area (Å²) < 4.78 is 23.6. The summed E-state index contributed by atoms with van der Waals surface area (Å²) in [5, 5.41) is 3.52. The molecule has 2 aromatic carbocycles. The zero-order valence-electron chi connectivity index (χ0n) is 20.3. The fraction of sp³-hybridized carbons (Fsp3) is 0.571. The molecule has 5 rings (SSSR count). The Hall–Kier alpha value is -2.28. The molecule has 2 aliphatic heterocycles. The molecule has 6 nitrogen and oxygen atoms in total. The molecule has 34 heavy (non-hydrogen) atoms. The van der Waals surface area contributed by atoms with Gasteiger partial charge in [-0.05, 0) is 73.5 Å². The Balaban J connectivity index is 1.20. The van der Waals surface area contributed by atoms with E-state index in [1.54, 1.807) is 7.11 Å². The number of hydrogen-bond acceptors (Lipinski definition) is 6. The Bertz CT molecular complexity index is 915. The van der Waals surface area contributed by atoms with Gasteiger partial charge in [-0.2, -0.15) is 0 Å². The van der Waals surface area contributed by atoms with Crippen LogP contribution in [0.3, 0.4) is 0 Å². The van der Waals surface area contributed by atoms with Crippen LogP contribution >= 0.6 is 0 Å². The summed E-state index contributed by atoms with van der Waals surface area (Å²) in [7, 11) is 1.76. The van der Waals surface area contributed by atoms with Gasteiger partial charge in [-0.1, -0.05) is 18.2 Å². The van der Waals surface area contributed by atoms with E-state index in [0.717, 1.165) is 76.3 Å². The fourth-order valence-electron chi connectivity index (χ4n) is 4.94. The van der Waals surface area contributed by atoms with Crippen LogP contribution in [0.15, 0.2) is 42.5 Å². The van der Waals surface area contributed by atoms with E-state index in [4.69, 9.17) is 18.9 Å². The molecule has 1 aliphatic carbocycles. The topological polar surface area (TPSA) is 52.2 Å². The molecule has 0 aromatic heterocycles. The monoisotopic (exact) mass is 466 g/mol. The second kappa shape index (κ2) is 11.4. The lowest BCUT2D eigenvalue weighted by Gasteiger charge is -2.33. The van der Waals surface area contributed by atoms with E-state index in [1.165, 1.54) is 29.7 Å². The summed E-state index contributed by atoms with van der Waals surface area (Å²) in [5.74, 6) is 3.11. The molecule has 0 radical (unpaired) electrons. The number of benzene rings is 2. The van der Waals surface area contributed by atoms with Crippen LogP contribution in [0.2, 0.25) is 0 Å². The molecular formula is C28H38N2O4. The minimum atomic E-state index is 0.150. The van der Waals surface area contributed by atoms with Crippen LogP contribution in [0.5, 0.6) is 11.5 Å². The van der Waals surface area contributed by atoms with Gasteiger partial charge in [0.1, 0.15) is 18.1 Å². The molecule has 2 atom stereocenters.